The van der Waals surface area contributed by atoms with Crippen LogP contribution in [0.4, 0.5) is 0 Å². The fourth-order valence-electron chi connectivity index (χ4n) is 3.43. The second-order valence-electron chi connectivity index (χ2n) is 7.11. The van der Waals surface area contributed by atoms with Crippen LogP contribution in [-0.4, -0.2) is 55.0 Å². The second kappa shape index (κ2) is 8.75. The fourth-order valence-corrected chi connectivity index (χ4v) is 4.83. The molecule has 2 aromatic rings. The van der Waals surface area contributed by atoms with Crippen molar-refractivity contribution in [1.82, 2.24) is 25.1 Å². The Labute approximate surface area is 169 Å². The third kappa shape index (κ3) is 5.01. The van der Waals surface area contributed by atoms with Crippen molar-refractivity contribution in [2.45, 2.75) is 31.7 Å². The molecular formula is C19H25N5O4S. The lowest BCUT2D eigenvalue weighted by molar-refractivity contribution is -0.129. The summed E-state index contributed by atoms with van der Waals surface area (Å²) in [7, 11) is -3.70. The number of likely N-dealkylation sites (tertiary alicyclic amines) is 1. The molecule has 0 spiro atoms. The van der Waals surface area contributed by atoms with Crippen LogP contribution in [0, 0.1) is 19.8 Å². The predicted molar refractivity (Wildman–Crippen MR) is 106 cm³/mol. The van der Waals surface area contributed by atoms with E-state index in [1.165, 1.54) is 0 Å². The summed E-state index contributed by atoms with van der Waals surface area (Å²) < 4.78 is 27.2. The first kappa shape index (κ1) is 21.0. The topological polar surface area (TPSA) is 124 Å². The van der Waals surface area contributed by atoms with Gasteiger partial charge in [0.15, 0.2) is 0 Å². The number of hydrogen-bond donors (Lipinski definition) is 3. The van der Waals surface area contributed by atoms with Gasteiger partial charge < -0.3 is 10.2 Å². The summed E-state index contributed by atoms with van der Waals surface area (Å²) >= 11 is 0. The van der Waals surface area contributed by atoms with Crippen LogP contribution in [0.25, 0.3) is 0 Å². The summed E-state index contributed by atoms with van der Waals surface area (Å²) in [5, 5.41) is 9.23. The number of hydrogen-bond acceptors (Lipinski definition) is 5. The predicted octanol–water partition coefficient (Wildman–Crippen LogP) is 0.470. The second-order valence-corrected chi connectivity index (χ2v) is 8.82. The number of aryl methyl sites for hydroxylation is 2. The number of benzene rings is 1. The van der Waals surface area contributed by atoms with Gasteiger partial charge in [0.05, 0.1) is 17.3 Å². The molecule has 1 unspecified atom stereocenters. The molecule has 9 nitrogen and oxygen atoms in total. The number of nitrogens with zero attached hydrogens (tertiary/aromatic N) is 2. The lowest BCUT2D eigenvalue weighted by atomic mass is 10.1. The molecule has 10 heteroatoms. The summed E-state index contributed by atoms with van der Waals surface area (Å²) in [6, 6.07) is 9.61. The van der Waals surface area contributed by atoms with E-state index in [2.05, 4.69) is 20.2 Å². The molecule has 29 heavy (non-hydrogen) atoms. The molecule has 3 N–H and O–H groups in total. The molecular weight excluding hydrogens is 394 g/mol. The van der Waals surface area contributed by atoms with Crippen LogP contribution in [0.3, 0.4) is 0 Å². The van der Waals surface area contributed by atoms with Gasteiger partial charge in [0.25, 0.3) is 0 Å². The highest BCUT2D eigenvalue weighted by Crippen LogP contribution is 2.20. The highest BCUT2D eigenvalue weighted by molar-refractivity contribution is 7.89. The molecule has 0 saturated carbocycles. The zero-order valence-corrected chi connectivity index (χ0v) is 17.3. The number of H-pyrrole nitrogens is 1. The normalized spacial score (nSPS) is 17.0. The Morgan fingerprint density at radius 3 is 2.62 bits per heavy atom. The maximum Gasteiger partial charge on any atom is 0.244 e. The molecule has 1 fully saturated rings. The molecule has 1 aromatic carbocycles. The number of amides is 2. The van der Waals surface area contributed by atoms with Gasteiger partial charge in [-0.05, 0) is 19.4 Å². The number of sulfonamides is 1. The van der Waals surface area contributed by atoms with Crippen LogP contribution in [-0.2, 0) is 26.2 Å². The van der Waals surface area contributed by atoms with Gasteiger partial charge in [-0.2, -0.15) is 5.10 Å². The third-order valence-corrected chi connectivity index (χ3v) is 6.57. The van der Waals surface area contributed by atoms with E-state index >= 15 is 0 Å². The minimum atomic E-state index is -3.70. The Morgan fingerprint density at radius 1 is 1.24 bits per heavy atom. The first-order chi connectivity index (χ1) is 13.8. The van der Waals surface area contributed by atoms with Gasteiger partial charge in [0, 0.05) is 32.6 Å². The number of rotatable bonds is 8. The highest BCUT2D eigenvalue weighted by Gasteiger charge is 2.34. The molecule has 0 bridgehead atoms. The van der Waals surface area contributed by atoms with Crippen LogP contribution >= 0.6 is 0 Å². The van der Waals surface area contributed by atoms with Crippen LogP contribution in [0.15, 0.2) is 35.2 Å². The monoisotopic (exact) mass is 419 g/mol. The van der Waals surface area contributed by atoms with Gasteiger partial charge in [-0.3, -0.25) is 14.7 Å². The molecule has 2 amide bonds. The van der Waals surface area contributed by atoms with Gasteiger partial charge in [-0.1, -0.05) is 30.3 Å². The van der Waals surface area contributed by atoms with Crippen LogP contribution in [0.2, 0.25) is 0 Å². The van der Waals surface area contributed by atoms with E-state index in [0.29, 0.717) is 24.5 Å². The van der Waals surface area contributed by atoms with E-state index in [1.807, 2.05) is 30.3 Å². The van der Waals surface area contributed by atoms with E-state index in [1.54, 1.807) is 18.7 Å². The molecule has 156 valence electrons. The van der Waals surface area contributed by atoms with Gasteiger partial charge in [0.1, 0.15) is 4.90 Å². The average molecular weight is 420 g/mol. The average Bonchev–Trinajstić information content (AvgIpc) is 3.22. The molecule has 1 saturated heterocycles. The molecule has 1 aliphatic heterocycles. The number of nitrogens with one attached hydrogen (secondary N) is 3. The number of carbonyl (C=O) groups is 2. The van der Waals surface area contributed by atoms with Gasteiger partial charge in [-0.15, -0.1) is 0 Å². The van der Waals surface area contributed by atoms with Crippen molar-refractivity contribution in [2.24, 2.45) is 5.92 Å². The number of carbonyl (C=O) groups excluding carboxylic acids is 2. The molecule has 1 aliphatic rings. The minimum absolute atomic E-state index is 0.0481. The summed E-state index contributed by atoms with van der Waals surface area (Å²) in [4.78, 5) is 26.4. The van der Waals surface area contributed by atoms with Crippen molar-refractivity contribution in [3.63, 3.8) is 0 Å². The van der Waals surface area contributed by atoms with Crippen LogP contribution < -0.4 is 10.0 Å². The Bertz CT molecular complexity index is 968. The van der Waals surface area contributed by atoms with Gasteiger partial charge in [0.2, 0.25) is 21.8 Å². The van der Waals surface area contributed by atoms with Gasteiger partial charge in [-0.25, -0.2) is 13.1 Å². The zero-order valence-electron chi connectivity index (χ0n) is 16.4. The first-order valence-corrected chi connectivity index (χ1v) is 10.9. The summed E-state index contributed by atoms with van der Waals surface area (Å²) in [6.45, 7) is 4.27. The molecule has 2 heterocycles. The standard InChI is InChI=1S/C19H25N5O4S/c1-13-18(14(2)23-22-13)29(27,28)21-9-8-20-19(26)16-10-17(25)24(12-16)11-15-6-4-3-5-7-15/h3-7,16,21H,8-12H2,1-2H3,(H,20,26)(H,22,23). The van der Waals surface area contributed by atoms with E-state index in [0.717, 1.165) is 5.56 Å². The largest absolute Gasteiger partial charge is 0.354 e. The molecule has 3 rings (SSSR count). The smallest absolute Gasteiger partial charge is 0.244 e. The van der Waals surface area contributed by atoms with E-state index < -0.39 is 15.9 Å². The van der Waals surface area contributed by atoms with Crippen molar-refractivity contribution in [3.05, 3.63) is 47.3 Å². The van der Waals surface area contributed by atoms with Crippen LogP contribution in [0.5, 0.6) is 0 Å². The molecule has 1 aromatic heterocycles. The highest BCUT2D eigenvalue weighted by atomic mass is 32.2. The van der Waals surface area contributed by atoms with Crippen molar-refractivity contribution < 1.29 is 18.0 Å². The Morgan fingerprint density at radius 2 is 1.97 bits per heavy atom. The zero-order chi connectivity index (χ0) is 21.0. The Hall–Kier alpha value is -2.72. The Balaban J connectivity index is 1.46. The maximum atomic E-state index is 12.4. The number of aromatic nitrogens is 2. The van der Waals surface area contributed by atoms with Crippen LogP contribution in [0.1, 0.15) is 23.4 Å². The number of aromatic amines is 1. The molecule has 1 atom stereocenters. The molecule has 0 radical (unpaired) electrons. The minimum Gasteiger partial charge on any atom is -0.354 e. The van der Waals surface area contributed by atoms with Crippen molar-refractivity contribution in [3.8, 4) is 0 Å². The Kier molecular flexibility index (Phi) is 6.33. The van der Waals surface area contributed by atoms with Crippen molar-refractivity contribution in [1.29, 1.82) is 0 Å². The first-order valence-electron chi connectivity index (χ1n) is 9.38. The third-order valence-electron chi connectivity index (χ3n) is 4.85. The van der Waals surface area contributed by atoms with E-state index in [4.69, 9.17) is 0 Å². The lowest BCUT2D eigenvalue weighted by Crippen LogP contribution is -2.38. The van der Waals surface area contributed by atoms with Gasteiger partial charge >= 0.3 is 0 Å². The lowest BCUT2D eigenvalue weighted by Gasteiger charge is -2.16. The van der Waals surface area contributed by atoms with Crippen molar-refractivity contribution in [2.75, 3.05) is 19.6 Å². The van der Waals surface area contributed by atoms with E-state index in [9.17, 15) is 18.0 Å². The SMILES string of the molecule is Cc1n[nH]c(C)c1S(=O)(=O)NCCNC(=O)C1CC(=O)N(Cc2ccccc2)C1. The summed E-state index contributed by atoms with van der Waals surface area (Å²) in [6.07, 6.45) is 0.164. The summed E-state index contributed by atoms with van der Waals surface area (Å²) in [5.41, 5.74) is 1.87. The maximum absolute atomic E-state index is 12.4. The fraction of sp³-hybridized carbons (Fsp3) is 0.421. The van der Waals surface area contributed by atoms with E-state index in [-0.39, 0.29) is 36.2 Å². The quantitative estimate of drug-likeness (QED) is 0.537. The molecule has 0 aliphatic carbocycles. The van der Waals surface area contributed by atoms with Crippen molar-refractivity contribution >= 4 is 21.8 Å². The summed E-state index contributed by atoms with van der Waals surface area (Å²) in [5.74, 6) is -0.731.